The Morgan fingerprint density at radius 1 is 1.12 bits per heavy atom. The molecule has 0 unspecified atom stereocenters. The number of benzene rings is 2. The summed E-state index contributed by atoms with van der Waals surface area (Å²) >= 11 is 0. The van der Waals surface area contributed by atoms with Crippen LogP contribution in [0.15, 0.2) is 60.8 Å². The van der Waals surface area contributed by atoms with Crippen LogP contribution in [0, 0.1) is 6.92 Å². The number of hydrogen-bond donors (Lipinski definition) is 3. The van der Waals surface area contributed by atoms with Gasteiger partial charge in [-0.25, -0.2) is 4.98 Å². The average molecular weight is 429 g/mol. The molecule has 0 spiro atoms. The van der Waals surface area contributed by atoms with Crippen molar-refractivity contribution in [3.63, 3.8) is 0 Å². The maximum absolute atomic E-state index is 13.1. The predicted molar refractivity (Wildman–Crippen MR) is 122 cm³/mol. The van der Waals surface area contributed by atoms with Gasteiger partial charge >= 0.3 is 0 Å². The molecule has 4 N–H and O–H groups in total. The molecule has 2 heterocycles. The lowest BCUT2D eigenvalue weighted by Crippen LogP contribution is -2.42. The monoisotopic (exact) mass is 429 g/mol. The second kappa shape index (κ2) is 8.50. The first-order valence-electron chi connectivity index (χ1n) is 10.2. The van der Waals surface area contributed by atoms with Gasteiger partial charge in [0.25, 0.3) is 11.8 Å². The summed E-state index contributed by atoms with van der Waals surface area (Å²) in [6, 6.07) is 14.7. The Labute approximate surface area is 185 Å². The van der Waals surface area contributed by atoms with Crippen molar-refractivity contribution in [1.29, 1.82) is 0 Å². The molecule has 1 aliphatic heterocycles. The smallest absolute Gasteiger partial charge is 0.256 e. The first kappa shape index (κ1) is 21.0. The topological polar surface area (TPSA) is 117 Å². The van der Waals surface area contributed by atoms with E-state index in [9.17, 15) is 14.4 Å². The first-order chi connectivity index (χ1) is 15.3. The van der Waals surface area contributed by atoms with Crippen molar-refractivity contribution < 1.29 is 14.4 Å². The summed E-state index contributed by atoms with van der Waals surface area (Å²) in [5.41, 5.74) is 9.32. The number of anilines is 3. The number of pyridine rings is 1. The molecule has 3 amide bonds. The van der Waals surface area contributed by atoms with Crippen LogP contribution in [0.4, 0.5) is 17.2 Å². The summed E-state index contributed by atoms with van der Waals surface area (Å²) in [7, 11) is 0. The van der Waals surface area contributed by atoms with Gasteiger partial charge in [0, 0.05) is 24.0 Å². The molecular formula is C24H23N5O3. The van der Waals surface area contributed by atoms with E-state index in [1.54, 1.807) is 61.7 Å². The third kappa shape index (κ3) is 4.29. The third-order valence-electron chi connectivity index (χ3n) is 5.36. The molecule has 1 aromatic heterocycles. The van der Waals surface area contributed by atoms with E-state index in [0.717, 1.165) is 11.1 Å². The number of hydrogen-bond acceptors (Lipinski definition) is 5. The Hall–Kier alpha value is -4.20. The summed E-state index contributed by atoms with van der Waals surface area (Å²) in [5, 5.41) is 5.52. The van der Waals surface area contributed by atoms with Crippen LogP contribution in [0.25, 0.3) is 0 Å². The van der Waals surface area contributed by atoms with E-state index >= 15 is 0 Å². The van der Waals surface area contributed by atoms with Crippen molar-refractivity contribution in [2.45, 2.75) is 26.4 Å². The minimum Gasteiger partial charge on any atom is -0.399 e. The van der Waals surface area contributed by atoms with E-state index in [4.69, 9.17) is 5.73 Å². The fraction of sp³-hybridized carbons (Fsp3) is 0.167. The molecule has 8 heteroatoms. The second-order valence-corrected chi connectivity index (χ2v) is 7.78. The number of nitrogens with two attached hydrogens (primary N) is 1. The summed E-state index contributed by atoms with van der Waals surface area (Å²) in [5.74, 6) is -0.362. The van der Waals surface area contributed by atoms with Gasteiger partial charge in [0.05, 0.1) is 11.3 Å². The number of amides is 3. The van der Waals surface area contributed by atoms with E-state index in [-0.39, 0.29) is 24.3 Å². The Balaban J connectivity index is 1.51. The lowest BCUT2D eigenvalue weighted by molar-refractivity contribution is -0.120. The summed E-state index contributed by atoms with van der Waals surface area (Å²) in [4.78, 5) is 43.9. The Morgan fingerprint density at radius 2 is 1.88 bits per heavy atom. The van der Waals surface area contributed by atoms with E-state index in [1.807, 2.05) is 13.0 Å². The number of fused-ring (bicyclic) bond motifs is 1. The number of carbonyl (C=O) groups is 3. The molecule has 0 radical (unpaired) electrons. The molecule has 162 valence electrons. The molecule has 1 aliphatic rings. The molecule has 0 fully saturated rings. The van der Waals surface area contributed by atoms with Crippen LogP contribution in [-0.4, -0.2) is 33.6 Å². The van der Waals surface area contributed by atoms with Crippen LogP contribution in [0.1, 0.15) is 38.8 Å². The van der Waals surface area contributed by atoms with Crippen molar-refractivity contribution >= 4 is 34.9 Å². The van der Waals surface area contributed by atoms with Crippen molar-refractivity contribution in [2.24, 2.45) is 0 Å². The van der Waals surface area contributed by atoms with Gasteiger partial charge in [-0.1, -0.05) is 18.2 Å². The lowest BCUT2D eigenvalue weighted by Gasteiger charge is -2.26. The Bertz CT molecular complexity index is 1190. The standard InChI is InChI=1S/C24H23N5O3/c1-14-3-10-21(26-12-14)28-23(31)17-6-4-16(5-7-17)13-29-15(2)22(30)27-20-11-18(25)8-9-19(20)24(29)32/h3-12,15H,13,25H2,1-2H3,(H,27,30)(H,26,28,31)/t15-/m1/s1. The molecule has 2 aromatic carbocycles. The molecule has 0 saturated carbocycles. The highest BCUT2D eigenvalue weighted by molar-refractivity contribution is 6.10. The van der Waals surface area contributed by atoms with Crippen LogP contribution in [-0.2, 0) is 11.3 Å². The molecule has 8 nitrogen and oxygen atoms in total. The van der Waals surface area contributed by atoms with Gasteiger partial charge in [0.1, 0.15) is 11.9 Å². The van der Waals surface area contributed by atoms with Gasteiger partial charge < -0.3 is 21.3 Å². The van der Waals surface area contributed by atoms with Crippen molar-refractivity contribution in [1.82, 2.24) is 9.88 Å². The normalized spacial score (nSPS) is 15.6. The predicted octanol–water partition coefficient (Wildman–Crippen LogP) is 3.21. The van der Waals surface area contributed by atoms with Gasteiger partial charge in [-0.15, -0.1) is 0 Å². The van der Waals surface area contributed by atoms with Gasteiger partial charge in [-0.3, -0.25) is 14.4 Å². The largest absolute Gasteiger partial charge is 0.399 e. The third-order valence-corrected chi connectivity index (χ3v) is 5.36. The average Bonchev–Trinajstić information content (AvgIpc) is 2.86. The van der Waals surface area contributed by atoms with E-state index < -0.39 is 6.04 Å². The molecule has 3 aromatic rings. The number of nitrogens with zero attached hydrogens (tertiary/aromatic N) is 2. The van der Waals surface area contributed by atoms with Gasteiger partial charge in [0.15, 0.2) is 0 Å². The number of aryl methyl sites for hydroxylation is 1. The Kier molecular flexibility index (Phi) is 5.59. The molecular weight excluding hydrogens is 406 g/mol. The maximum Gasteiger partial charge on any atom is 0.256 e. The minimum absolute atomic E-state index is 0.221. The van der Waals surface area contributed by atoms with Crippen LogP contribution in [0.5, 0.6) is 0 Å². The van der Waals surface area contributed by atoms with Crippen molar-refractivity contribution in [3.05, 3.63) is 83.0 Å². The number of rotatable bonds is 4. The highest BCUT2D eigenvalue weighted by Crippen LogP contribution is 2.26. The van der Waals surface area contributed by atoms with E-state index in [1.165, 1.54) is 4.90 Å². The SMILES string of the molecule is Cc1ccc(NC(=O)c2ccc(CN3C(=O)c4ccc(N)cc4NC(=O)[C@H]3C)cc2)nc1. The lowest BCUT2D eigenvalue weighted by atomic mass is 10.1. The zero-order valence-corrected chi connectivity index (χ0v) is 17.8. The molecule has 0 saturated heterocycles. The van der Waals surface area contributed by atoms with Gasteiger partial charge in [-0.05, 0) is 61.4 Å². The fourth-order valence-corrected chi connectivity index (χ4v) is 3.46. The number of nitrogen functional groups attached to an aromatic ring is 1. The number of nitrogens with one attached hydrogen (secondary N) is 2. The van der Waals surface area contributed by atoms with E-state index in [0.29, 0.717) is 28.3 Å². The summed E-state index contributed by atoms with van der Waals surface area (Å²) < 4.78 is 0. The molecule has 0 bridgehead atoms. The van der Waals surface area contributed by atoms with Gasteiger partial charge in [-0.2, -0.15) is 0 Å². The zero-order valence-electron chi connectivity index (χ0n) is 17.8. The highest BCUT2D eigenvalue weighted by atomic mass is 16.2. The van der Waals surface area contributed by atoms with Crippen molar-refractivity contribution in [3.8, 4) is 0 Å². The minimum atomic E-state index is -0.674. The number of carbonyl (C=O) groups excluding carboxylic acids is 3. The Morgan fingerprint density at radius 3 is 2.56 bits per heavy atom. The highest BCUT2D eigenvalue weighted by Gasteiger charge is 2.32. The second-order valence-electron chi connectivity index (χ2n) is 7.78. The first-order valence-corrected chi connectivity index (χ1v) is 10.2. The van der Waals surface area contributed by atoms with Crippen LogP contribution in [0.3, 0.4) is 0 Å². The van der Waals surface area contributed by atoms with Crippen molar-refractivity contribution in [2.75, 3.05) is 16.4 Å². The quantitative estimate of drug-likeness (QED) is 0.551. The molecule has 1 atom stereocenters. The summed E-state index contributed by atoms with van der Waals surface area (Å²) in [6.07, 6.45) is 1.68. The van der Waals surface area contributed by atoms with E-state index in [2.05, 4.69) is 15.6 Å². The zero-order chi connectivity index (χ0) is 22.8. The maximum atomic E-state index is 13.1. The summed E-state index contributed by atoms with van der Waals surface area (Å²) in [6.45, 7) is 3.82. The van der Waals surface area contributed by atoms with Gasteiger partial charge in [0.2, 0.25) is 5.91 Å². The van der Waals surface area contributed by atoms with Crippen LogP contribution < -0.4 is 16.4 Å². The molecule has 4 rings (SSSR count). The number of aromatic nitrogens is 1. The fourth-order valence-electron chi connectivity index (χ4n) is 3.46. The van der Waals surface area contributed by atoms with Crippen LogP contribution >= 0.6 is 0 Å². The molecule has 32 heavy (non-hydrogen) atoms. The van der Waals surface area contributed by atoms with Crippen LogP contribution in [0.2, 0.25) is 0 Å². The molecule has 0 aliphatic carbocycles.